The van der Waals surface area contributed by atoms with Crippen LogP contribution in [0.5, 0.6) is 0 Å². The third-order valence-electron chi connectivity index (χ3n) is 7.56. The summed E-state index contributed by atoms with van der Waals surface area (Å²) in [6, 6.07) is 12.3. The highest BCUT2D eigenvalue weighted by Gasteiger charge is 2.49. The van der Waals surface area contributed by atoms with Crippen molar-refractivity contribution in [2.24, 2.45) is 5.92 Å². The molecule has 6 heteroatoms. The maximum absolute atomic E-state index is 13.9. The van der Waals surface area contributed by atoms with E-state index in [0.29, 0.717) is 18.2 Å². The van der Waals surface area contributed by atoms with E-state index in [0.717, 1.165) is 47.5 Å². The van der Waals surface area contributed by atoms with Gasteiger partial charge in [0.25, 0.3) is 5.91 Å². The van der Waals surface area contributed by atoms with Crippen molar-refractivity contribution >= 4 is 39.1 Å². The molecule has 1 aliphatic carbocycles. The van der Waals surface area contributed by atoms with Gasteiger partial charge in [-0.1, -0.05) is 32.9 Å². The van der Waals surface area contributed by atoms with Crippen molar-refractivity contribution in [3.8, 4) is 0 Å². The first-order chi connectivity index (χ1) is 15.8. The highest BCUT2D eigenvalue weighted by Crippen LogP contribution is 2.38. The van der Waals surface area contributed by atoms with Gasteiger partial charge in [-0.05, 0) is 79.7 Å². The smallest absolute Gasteiger partial charge is 0.275 e. The molecule has 3 heterocycles. The van der Waals surface area contributed by atoms with Gasteiger partial charge >= 0.3 is 0 Å². The maximum Gasteiger partial charge on any atom is 0.275 e. The van der Waals surface area contributed by atoms with Gasteiger partial charge in [0.05, 0.1) is 16.8 Å². The number of anilines is 1. The van der Waals surface area contributed by atoms with Crippen molar-refractivity contribution in [1.82, 2.24) is 9.88 Å². The Hall–Kier alpha value is -2.60. The molecule has 0 spiro atoms. The Labute approximate surface area is 199 Å². The Kier molecular flexibility index (Phi) is 5.60. The Morgan fingerprint density at radius 2 is 1.82 bits per heavy atom. The SMILES string of the molecule is CC1CCC(NC(=O)[C@]2(C)Cn3c(cc4sccc43)C(=O)N2c2ccc(C(C)C)cc2)CC1. The topological polar surface area (TPSA) is 54.3 Å². The first-order valence-electron chi connectivity index (χ1n) is 12.1. The fraction of sp³-hybridized carbons (Fsp3) is 0.481. The van der Waals surface area contributed by atoms with E-state index in [2.05, 4.69) is 38.2 Å². The molecule has 1 N–H and O–H groups in total. The van der Waals surface area contributed by atoms with Gasteiger partial charge < -0.3 is 9.88 Å². The molecule has 0 unspecified atom stereocenters. The summed E-state index contributed by atoms with van der Waals surface area (Å²) in [6.45, 7) is 8.95. The summed E-state index contributed by atoms with van der Waals surface area (Å²) >= 11 is 1.63. The summed E-state index contributed by atoms with van der Waals surface area (Å²) in [4.78, 5) is 29.5. The molecule has 174 valence electrons. The van der Waals surface area contributed by atoms with E-state index in [1.54, 1.807) is 16.2 Å². The van der Waals surface area contributed by atoms with Gasteiger partial charge in [-0.2, -0.15) is 0 Å². The highest BCUT2D eigenvalue weighted by atomic mass is 32.1. The number of hydrogen-bond acceptors (Lipinski definition) is 3. The molecule has 1 aromatic carbocycles. The number of aromatic nitrogens is 1. The van der Waals surface area contributed by atoms with Crippen LogP contribution < -0.4 is 10.2 Å². The molecule has 2 amide bonds. The third-order valence-corrected chi connectivity index (χ3v) is 8.42. The minimum Gasteiger partial charge on any atom is -0.351 e. The molecule has 2 aliphatic rings. The summed E-state index contributed by atoms with van der Waals surface area (Å²) in [6.07, 6.45) is 4.28. The molecule has 0 saturated heterocycles. The number of hydrogen-bond donors (Lipinski definition) is 1. The molecule has 2 aromatic heterocycles. The van der Waals surface area contributed by atoms with Gasteiger partial charge in [-0.25, -0.2) is 0 Å². The average molecular weight is 464 g/mol. The predicted molar refractivity (Wildman–Crippen MR) is 135 cm³/mol. The molecule has 5 nitrogen and oxygen atoms in total. The Bertz CT molecular complexity index is 1180. The molecular weight excluding hydrogens is 430 g/mol. The second kappa shape index (κ2) is 8.32. The van der Waals surface area contributed by atoms with Crippen molar-refractivity contribution in [2.75, 3.05) is 4.90 Å². The van der Waals surface area contributed by atoms with Crippen LogP contribution in [-0.2, 0) is 11.3 Å². The first-order valence-corrected chi connectivity index (χ1v) is 13.0. The fourth-order valence-corrected chi connectivity index (χ4v) is 6.19. The summed E-state index contributed by atoms with van der Waals surface area (Å²) in [5.41, 5.74) is 2.66. The lowest BCUT2D eigenvalue weighted by Crippen LogP contribution is -2.65. The molecule has 5 rings (SSSR count). The summed E-state index contributed by atoms with van der Waals surface area (Å²) < 4.78 is 3.12. The highest BCUT2D eigenvalue weighted by molar-refractivity contribution is 7.17. The van der Waals surface area contributed by atoms with Crippen molar-refractivity contribution in [3.63, 3.8) is 0 Å². The lowest BCUT2D eigenvalue weighted by Gasteiger charge is -2.45. The standard InChI is InChI=1S/C27H33N3O2S/c1-17(2)19-7-11-21(12-8-19)30-25(31)23-15-24-22(13-14-33-24)29(23)16-27(30,4)26(32)28-20-9-5-18(3)6-10-20/h7-8,11-15,17-18,20H,5-6,9-10,16H2,1-4H3,(H,28,32)/t18?,20?,27-/m0/s1. The van der Waals surface area contributed by atoms with Crippen LogP contribution in [0, 0.1) is 5.92 Å². The Balaban J connectivity index is 1.55. The fourth-order valence-electron chi connectivity index (χ4n) is 5.37. The zero-order valence-electron chi connectivity index (χ0n) is 19.9. The van der Waals surface area contributed by atoms with Crippen molar-refractivity contribution in [2.45, 2.75) is 77.4 Å². The number of nitrogens with zero attached hydrogens (tertiary/aromatic N) is 2. The molecule has 33 heavy (non-hydrogen) atoms. The molecule has 1 aliphatic heterocycles. The summed E-state index contributed by atoms with van der Waals surface area (Å²) in [7, 11) is 0. The van der Waals surface area contributed by atoms with Gasteiger partial charge in [0.15, 0.2) is 0 Å². The summed E-state index contributed by atoms with van der Waals surface area (Å²) in [5, 5.41) is 5.36. The van der Waals surface area contributed by atoms with Crippen LogP contribution in [0.25, 0.3) is 10.2 Å². The molecule has 1 saturated carbocycles. The molecule has 0 radical (unpaired) electrons. The van der Waals surface area contributed by atoms with Gasteiger partial charge in [-0.3, -0.25) is 14.5 Å². The number of carbonyl (C=O) groups is 2. The number of thiophene rings is 1. The van der Waals surface area contributed by atoms with Crippen molar-refractivity contribution in [1.29, 1.82) is 0 Å². The Morgan fingerprint density at radius 3 is 2.48 bits per heavy atom. The molecule has 1 atom stereocenters. The van der Waals surface area contributed by atoms with Crippen LogP contribution in [0.15, 0.2) is 41.8 Å². The summed E-state index contributed by atoms with van der Waals surface area (Å²) in [5.74, 6) is 0.946. The van der Waals surface area contributed by atoms with Crippen LogP contribution in [0.3, 0.4) is 0 Å². The number of fused-ring (bicyclic) bond motifs is 3. The van der Waals surface area contributed by atoms with Crippen LogP contribution >= 0.6 is 11.3 Å². The number of carbonyl (C=O) groups excluding carboxylic acids is 2. The van der Waals surface area contributed by atoms with Crippen LogP contribution in [0.4, 0.5) is 5.69 Å². The first kappa shape index (κ1) is 22.2. The number of amides is 2. The van der Waals surface area contributed by atoms with Crippen LogP contribution in [-0.4, -0.2) is 28.0 Å². The van der Waals surface area contributed by atoms with Crippen molar-refractivity contribution < 1.29 is 9.59 Å². The van der Waals surface area contributed by atoms with E-state index in [1.807, 2.05) is 41.1 Å². The lowest BCUT2D eigenvalue weighted by atomic mass is 9.86. The zero-order chi connectivity index (χ0) is 23.3. The second-order valence-electron chi connectivity index (χ2n) is 10.4. The van der Waals surface area contributed by atoms with E-state index in [-0.39, 0.29) is 17.9 Å². The number of benzene rings is 1. The van der Waals surface area contributed by atoms with Gasteiger partial charge in [0, 0.05) is 11.7 Å². The van der Waals surface area contributed by atoms with E-state index in [4.69, 9.17) is 0 Å². The van der Waals surface area contributed by atoms with E-state index in [9.17, 15) is 9.59 Å². The maximum atomic E-state index is 13.9. The lowest BCUT2D eigenvalue weighted by molar-refractivity contribution is -0.127. The monoisotopic (exact) mass is 463 g/mol. The average Bonchev–Trinajstić information content (AvgIpc) is 3.38. The van der Waals surface area contributed by atoms with E-state index < -0.39 is 5.54 Å². The van der Waals surface area contributed by atoms with Crippen molar-refractivity contribution in [3.05, 3.63) is 53.0 Å². The molecule has 1 fully saturated rings. The minimum absolute atomic E-state index is 0.0638. The second-order valence-corrected chi connectivity index (χ2v) is 11.3. The third kappa shape index (κ3) is 3.78. The largest absolute Gasteiger partial charge is 0.351 e. The van der Waals surface area contributed by atoms with Gasteiger partial charge in [0.2, 0.25) is 5.91 Å². The van der Waals surface area contributed by atoms with E-state index in [1.165, 1.54) is 5.56 Å². The zero-order valence-corrected chi connectivity index (χ0v) is 20.7. The number of rotatable bonds is 4. The normalized spacial score (nSPS) is 25.5. The number of nitrogens with one attached hydrogen (secondary N) is 1. The predicted octanol–water partition coefficient (Wildman–Crippen LogP) is 5.94. The quantitative estimate of drug-likeness (QED) is 0.521. The molecule has 0 bridgehead atoms. The molecule has 3 aromatic rings. The van der Waals surface area contributed by atoms with Gasteiger partial charge in [-0.15, -0.1) is 11.3 Å². The molecular formula is C27H33N3O2S. The van der Waals surface area contributed by atoms with Crippen LogP contribution in [0.2, 0.25) is 0 Å². The minimum atomic E-state index is -1.01. The Morgan fingerprint density at radius 1 is 1.12 bits per heavy atom. The van der Waals surface area contributed by atoms with E-state index >= 15 is 0 Å². The van der Waals surface area contributed by atoms with Gasteiger partial charge in [0.1, 0.15) is 11.2 Å². The van der Waals surface area contributed by atoms with Crippen LogP contribution in [0.1, 0.15) is 75.3 Å².